The van der Waals surface area contributed by atoms with E-state index in [0.29, 0.717) is 11.3 Å². The van der Waals surface area contributed by atoms with E-state index in [4.69, 9.17) is 4.74 Å². The third-order valence-electron chi connectivity index (χ3n) is 3.46. The Balaban J connectivity index is 2.42. The van der Waals surface area contributed by atoms with Crippen LogP contribution >= 0.6 is 0 Å². The monoisotopic (exact) mass is 303 g/mol. The second kappa shape index (κ2) is 6.43. The summed E-state index contributed by atoms with van der Waals surface area (Å²) in [5.74, 6) is -1.88. The number of carbonyl (C=O) groups is 3. The Kier molecular flexibility index (Phi) is 4.60. The molecule has 22 heavy (non-hydrogen) atoms. The van der Waals surface area contributed by atoms with Gasteiger partial charge in [-0.05, 0) is 12.5 Å². The predicted octanol–water partition coefficient (Wildman–Crippen LogP) is 1.84. The molecule has 0 aliphatic carbocycles. The fraction of sp³-hybridized carbons (Fsp3) is 0.312. The zero-order valence-electron chi connectivity index (χ0n) is 12.5. The number of hydrogen-bond donors (Lipinski definition) is 1. The third-order valence-corrected chi connectivity index (χ3v) is 3.46. The van der Waals surface area contributed by atoms with Crippen molar-refractivity contribution in [3.63, 3.8) is 0 Å². The lowest BCUT2D eigenvalue weighted by atomic mass is 9.99. The second-order valence-corrected chi connectivity index (χ2v) is 4.83. The Morgan fingerprint density at radius 2 is 1.95 bits per heavy atom. The van der Waals surface area contributed by atoms with E-state index in [1.54, 1.807) is 31.2 Å². The molecule has 1 heterocycles. The lowest BCUT2D eigenvalue weighted by molar-refractivity contribution is -0.140. The first-order chi connectivity index (χ1) is 10.5. The number of rotatable bonds is 5. The van der Waals surface area contributed by atoms with Gasteiger partial charge in [0.1, 0.15) is 6.61 Å². The van der Waals surface area contributed by atoms with Crippen LogP contribution in [0.4, 0.5) is 5.69 Å². The van der Waals surface area contributed by atoms with E-state index in [1.807, 2.05) is 0 Å². The fourth-order valence-electron chi connectivity index (χ4n) is 2.51. The molecule has 0 unspecified atom stereocenters. The standard InChI is InChI=1S/C16H17NO5/c1-3-11(16(20)21)14-12-6-4-5-7-13(12)17(15(14)19)8-9-22-10(2)18/h4-7H,3,8-9H2,1-2H3,(H,20,21). The van der Waals surface area contributed by atoms with E-state index >= 15 is 0 Å². The van der Waals surface area contributed by atoms with Crippen molar-refractivity contribution < 1.29 is 24.2 Å². The summed E-state index contributed by atoms with van der Waals surface area (Å²) in [7, 11) is 0. The van der Waals surface area contributed by atoms with Crippen LogP contribution in [-0.2, 0) is 19.1 Å². The minimum absolute atomic E-state index is 0.0667. The normalized spacial score (nSPS) is 15.5. The lowest BCUT2D eigenvalue weighted by Crippen LogP contribution is -2.31. The topological polar surface area (TPSA) is 83.9 Å². The molecular weight excluding hydrogens is 286 g/mol. The van der Waals surface area contributed by atoms with Crippen molar-refractivity contribution in [2.24, 2.45) is 0 Å². The molecule has 0 saturated carbocycles. The molecule has 0 spiro atoms. The summed E-state index contributed by atoms with van der Waals surface area (Å²) in [6.07, 6.45) is 0.253. The van der Waals surface area contributed by atoms with E-state index in [9.17, 15) is 19.5 Å². The van der Waals surface area contributed by atoms with Gasteiger partial charge in [0.25, 0.3) is 5.91 Å². The van der Waals surface area contributed by atoms with Gasteiger partial charge in [0, 0.05) is 12.5 Å². The number of carboxylic acids is 1. The Morgan fingerprint density at radius 3 is 2.55 bits per heavy atom. The Labute approximate surface area is 128 Å². The summed E-state index contributed by atoms with van der Waals surface area (Å²) in [4.78, 5) is 36.3. The van der Waals surface area contributed by atoms with Crippen molar-refractivity contribution in [2.45, 2.75) is 20.3 Å². The number of amides is 1. The average Bonchev–Trinajstić information content (AvgIpc) is 2.73. The summed E-state index contributed by atoms with van der Waals surface area (Å²) in [5.41, 5.74) is 1.55. The van der Waals surface area contributed by atoms with Gasteiger partial charge < -0.3 is 14.7 Å². The van der Waals surface area contributed by atoms with Gasteiger partial charge in [-0.2, -0.15) is 0 Å². The van der Waals surface area contributed by atoms with Gasteiger partial charge in [-0.15, -0.1) is 0 Å². The molecule has 0 radical (unpaired) electrons. The van der Waals surface area contributed by atoms with Gasteiger partial charge in [0.05, 0.1) is 23.4 Å². The van der Waals surface area contributed by atoms with E-state index in [-0.39, 0.29) is 36.6 Å². The summed E-state index contributed by atoms with van der Waals surface area (Å²) in [6.45, 7) is 3.26. The number of fused-ring (bicyclic) bond motifs is 1. The molecule has 1 aliphatic rings. The van der Waals surface area contributed by atoms with Crippen LogP contribution < -0.4 is 4.90 Å². The molecule has 1 aromatic carbocycles. The van der Waals surface area contributed by atoms with Crippen LogP contribution in [0.5, 0.6) is 0 Å². The van der Waals surface area contributed by atoms with Crippen LogP contribution in [0.2, 0.25) is 0 Å². The van der Waals surface area contributed by atoms with E-state index in [2.05, 4.69) is 0 Å². The van der Waals surface area contributed by atoms with Crippen molar-refractivity contribution in [1.82, 2.24) is 0 Å². The van der Waals surface area contributed by atoms with E-state index in [0.717, 1.165) is 0 Å². The summed E-state index contributed by atoms with van der Waals surface area (Å²) in [6, 6.07) is 7.02. The first-order valence-corrected chi connectivity index (χ1v) is 6.98. The molecule has 0 atom stereocenters. The van der Waals surface area contributed by atoms with Crippen LogP contribution in [0, 0.1) is 0 Å². The average molecular weight is 303 g/mol. The van der Waals surface area contributed by atoms with Crippen LogP contribution in [0.3, 0.4) is 0 Å². The maximum Gasteiger partial charge on any atom is 0.332 e. The van der Waals surface area contributed by atoms with Crippen molar-refractivity contribution >= 4 is 29.1 Å². The van der Waals surface area contributed by atoms with Gasteiger partial charge in [0.15, 0.2) is 0 Å². The number of carboxylic acid groups (broad SMARTS) is 1. The second-order valence-electron chi connectivity index (χ2n) is 4.83. The number of nitrogens with zero attached hydrogens (tertiary/aromatic N) is 1. The molecule has 0 aromatic heterocycles. The molecule has 6 nitrogen and oxygen atoms in total. The molecule has 0 bridgehead atoms. The molecule has 1 N–H and O–H groups in total. The molecule has 1 amide bonds. The Hall–Kier alpha value is -2.63. The Bertz CT molecular complexity index is 662. The van der Waals surface area contributed by atoms with Crippen molar-refractivity contribution in [1.29, 1.82) is 0 Å². The lowest BCUT2D eigenvalue weighted by Gasteiger charge is -2.16. The number of para-hydroxylation sites is 1. The van der Waals surface area contributed by atoms with E-state index in [1.165, 1.54) is 11.8 Å². The quantitative estimate of drug-likeness (QED) is 0.663. The van der Waals surface area contributed by atoms with Crippen molar-refractivity contribution in [2.75, 3.05) is 18.1 Å². The zero-order chi connectivity index (χ0) is 16.3. The smallest absolute Gasteiger partial charge is 0.332 e. The maximum atomic E-state index is 12.6. The zero-order valence-corrected chi connectivity index (χ0v) is 12.5. The summed E-state index contributed by atoms with van der Waals surface area (Å²) < 4.78 is 4.87. The number of anilines is 1. The SMILES string of the molecule is CCC(C(=O)O)=C1C(=O)N(CCOC(C)=O)c2ccccc21. The minimum Gasteiger partial charge on any atom is -0.478 e. The number of benzene rings is 1. The van der Waals surface area contributed by atoms with Crippen LogP contribution in [0.15, 0.2) is 29.8 Å². The van der Waals surface area contributed by atoms with E-state index < -0.39 is 11.9 Å². The predicted molar refractivity (Wildman–Crippen MR) is 80.3 cm³/mol. The molecule has 0 fully saturated rings. The molecular formula is C16H17NO5. The third kappa shape index (κ3) is 2.86. The molecule has 0 saturated heterocycles. The Morgan fingerprint density at radius 1 is 1.27 bits per heavy atom. The summed E-state index contributed by atoms with van der Waals surface area (Å²) >= 11 is 0. The van der Waals surface area contributed by atoms with Gasteiger partial charge in [-0.1, -0.05) is 25.1 Å². The molecule has 1 aliphatic heterocycles. The van der Waals surface area contributed by atoms with Gasteiger partial charge >= 0.3 is 11.9 Å². The number of ether oxygens (including phenoxy) is 1. The molecule has 1 aromatic rings. The van der Waals surface area contributed by atoms with Crippen LogP contribution in [0.1, 0.15) is 25.8 Å². The van der Waals surface area contributed by atoms with Crippen LogP contribution in [-0.4, -0.2) is 36.1 Å². The number of hydrogen-bond acceptors (Lipinski definition) is 4. The molecule has 6 heteroatoms. The van der Waals surface area contributed by atoms with Gasteiger partial charge in [0.2, 0.25) is 0 Å². The van der Waals surface area contributed by atoms with Gasteiger partial charge in [-0.25, -0.2) is 4.79 Å². The van der Waals surface area contributed by atoms with Crippen molar-refractivity contribution in [3.8, 4) is 0 Å². The molecule has 2 rings (SSSR count). The highest BCUT2D eigenvalue weighted by Gasteiger charge is 2.35. The highest BCUT2D eigenvalue weighted by atomic mass is 16.5. The fourth-order valence-corrected chi connectivity index (χ4v) is 2.51. The minimum atomic E-state index is -1.09. The highest BCUT2D eigenvalue weighted by molar-refractivity contribution is 6.35. The molecule has 116 valence electrons. The number of aliphatic carboxylic acids is 1. The largest absolute Gasteiger partial charge is 0.478 e. The number of carbonyl (C=O) groups excluding carboxylic acids is 2. The maximum absolute atomic E-state index is 12.6. The first-order valence-electron chi connectivity index (χ1n) is 6.98. The van der Waals surface area contributed by atoms with Crippen molar-refractivity contribution in [3.05, 3.63) is 35.4 Å². The first kappa shape index (κ1) is 15.8. The van der Waals surface area contributed by atoms with Crippen LogP contribution in [0.25, 0.3) is 5.57 Å². The van der Waals surface area contributed by atoms with Gasteiger partial charge in [-0.3, -0.25) is 9.59 Å². The highest BCUT2D eigenvalue weighted by Crippen LogP contribution is 2.38. The number of esters is 1. The summed E-state index contributed by atoms with van der Waals surface area (Å²) in [5, 5.41) is 9.31.